The van der Waals surface area contributed by atoms with E-state index in [1.54, 1.807) is 19.9 Å². The number of esters is 1. The van der Waals surface area contributed by atoms with Crippen LogP contribution in [0, 0.1) is 41.0 Å². The molecule has 0 spiro atoms. The van der Waals surface area contributed by atoms with Gasteiger partial charge in [-0.15, -0.1) is 0 Å². The van der Waals surface area contributed by atoms with Gasteiger partial charge in [-0.3, -0.25) is 20.2 Å². The van der Waals surface area contributed by atoms with Crippen LogP contribution in [-0.4, -0.2) is 33.3 Å². The third kappa shape index (κ3) is 6.41. The summed E-state index contributed by atoms with van der Waals surface area (Å²) < 4.78 is 17.5. The number of nitrogens with zero attached hydrogens (tertiary/aromatic N) is 3. The van der Waals surface area contributed by atoms with Crippen LogP contribution in [0.5, 0.6) is 17.4 Å². The van der Waals surface area contributed by atoms with E-state index < -0.39 is 15.8 Å². The minimum atomic E-state index is -0.603. The molecule has 0 radical (unpaired) electrons. The normalized spacial score (nSPS) is 13.5. The van der Waals surface area contributed by atoms with E-state index >= 15 is 0 Å². The molecule has 2 heterocycles. The fourth-order valence-electron chi connectivity index (χ4n) is 5.03. The first-order chi connectivity index (χ1) is 22.0. The van der Waals surface area contributed by atoms with Crippen molar-refractivity contribution in [1.29, 1.82) is 0 Å². The number of rotatable bonds is 9. The highest BCUT2D eigenvalue weighted by Gasteiger charge is 2.29. The van der Waals surface area contributed by atoms with E-state index in [-0.39, 0.29) is 41.1 Å². The van der Waals surface area contributed by atoms with Crippen LogP contribution in [0.4, 0.5) is 11.4 Å². The zero-order chi connectivity index (χ0) is 33.1. The quantitative estimate of drug-likeness (QED) is 0.112. The molecule has 0 aliphatic carbocycles. The molecule has 12 nitrogen and oxygen atoms in total. The number of carbonyl (C=O) groups is 1. The molecule has 4 aromatic rings. The number of aliphatic imine (C=N–C) groups is 1. The first-order valence-corrected chi connectivity index (χ1v) is 14.3. The van der Waals surface area contributed by atoms with Gasteiger partial charge in [-0.2, -0.15) is 0 Å². The first kappa shape index (κ1) is 31.4. The van der Waals surface area contributed by atoms with Crippen molar-refractivity contribution in [2.24, 2.45) is 4.99 Å². The number of aromatic amines is 1. The van der Waals surface area contributed by atoms with Crippen LogP contribution in [0.3, 0.4) is 0 Å². The zero-order valence-electron chi connectivity index (χ0n) is 25.7. The lowest BCUT2D eigenvalue weighted by atomic mass is 9.91. The van der Waals surface area contributed by atoms with E-state index in [1.807, 2.05) is 39.0 Å². The van der Waals surface area contributed by atoms with E-state index in [2.05, 4.69) is 4.98 Å². The van der Waals surface area contributed by atoms with Gasteiger partial charge in [-0.1, -0.05) is 23.8 Å². The van der Waals surface area contributed by atoms with Crippen molar-refractivity contribution < 1.29 is 28.9 Å². The van der Waals surface area contributed by atoms with Gasteiger partial charge in [-0.25, -0.2) is 9.79 Å². The summed E-state index contributed by atoms with van der Waals surface area (Å²) in [5, 5.41) is 22.2. The van der Waals surface area contributed by atoms with E-state index in [4.69, 9.17) is 19.2 Å². The van der Waals surface area contributed by atoms with E-state index in [9.17, 15) is 25.0 Å². The summed E-state index contributed by atoms with van der Waals surface area (Å²) in [6.45, 7) is 9.45. The molecule has 1 N–H and O–H groups in total. The van der Waals surface area contributed by atoms with Gasteiger partial charge in [-0.05, 0) is 81.1 Å². The van der Waals surface area contributed by atoms with E-state index in [1.165, 1.54) is 48.5 Å². The molecule has 1 aliphatic rings. The molecule has 0 amide bonds. The lowest BCUT2D eigenvalue weighted by Gasteiger charge is -2.15. The fraction of sp³-hybridized carbons (Fsp3) is 0.176. The molecule has 46 heavy (non-hydrogen) atoms. The Hall–Kier alpha value is -6.04. The molecule has 0 saturated heterocycles. The maximum Gasteiger partial charge on any atom is 0.343 e. The Balaban J connectivity index is 1.67. The lowest BCUT2D eigenvalue weighted by Crippen LogP contribution is -2.07. The number of benzene rings is 3. The second-order valence-corrected chi connectivity index (χ2v) is 10.6. The number of allylic oxidation sites excluding steroid dienone is 1. The third-order valence-electron chi connectivity index (χ3n) is 7.32. The minimum absolute atomic E-state index is 0.0587. The van der Waals surface area contributed by atoms with Crippen LogP contribution in [0.1, 0.15) is 52.2 Å². The Morgan fingerprint density at radius 3 is 2.00 bits per heavy atom. The number of aryl methyl sites for hydroxylation is 2. The number of H-pyrrole nitrogens is 1. The molecule has 1 aromatic heterocycles. The van der Waals surface area contributed by atoms with Gasteiger partial charge in [0.05, 0.1) is 27.8 Å². The smallest absolute Gasteiger partial charge is 0.343 e. The van der Waals surface area contributed by atoms with Gasteiger partial charge in [0, 0.05) is 35.9 Å². The molecule has 0 atom stereocenters. The number of non-ortho nitro benzene ring substituents is 2. The highest BCUT2D eigenvalue weighted by Crippen LogP contribution is 2.41. The number of aromatic nitrogens is 1. The number of nitro groups is 2. The minimum Gasteiger partial charge on any atom is -0.462 e. The van der Waals surface area contributed by atoms with Gasteiger partial charge in [0.1, 0.15) is 17.1 Å². The summed E-state index contributed by atoms with van der Waals surface area (Å²) in [7, 11) is 0. The molecule has 5 rings (SSSR count). The first-order valence-electron chi connectivity index (χ1n) is 14.3. The molecule has 234 valence electrons. The third-order valence-corrected chi connectivity index (χ3v) is 7.32. The van der Waals surface area contributed by atoms with Crippen LogP contribution in [0.25, 0.3) is 5.57 Å². The molecular formula is C34H30N4O8. The predicted octanol–water partition coefficient (Wildman–Crippen LogP) is 7.92. The second kappa shape index (κ2) is 12.9. The van der Waals surface area contributed by atoms with Crippen LogP contribution >= 0.6 is 0 Å². The lowest BCUT2D eigenvalue weighted by molar-refractivity contribution is -0.385. The van der Waals surface area contributed by atoms with Crippen molar-refractivity contribution in [2.75, 3.05) is 6.61 Å². The standard InChI is InChI=1S/C34H30N4O8/c1-6-44-34(39)29-22(5)32(36-33(29)46-26-15-11-24(12-16-26)38(42)43)30(27-17-19(2)7-8-20(27)3)31-21(4)18-28(35-31)45-25-13-9-23(10-14-25)37(40)41/h7-18,36H,6H2,1-5H3. The molecule has 12 heteroatoms. The SMILES string of the molecule is CCOC(=O)c1c(Oc2ccc([N+](=O)[O-])cc2)[nH]c(C(=C2N=C(Oc3ccc([N+](=O)[O-])cc3)C=C2C)c2cc(C)ccc2C)c1C. The van der Waals surface area contributed by atoms with Crippen LogP contribution < -0.4 is 9.47 Å². The van der Waals surface area contributed by atoms with Crippen LogP contribution in [0.2, 0.25) is 0 Å². The topological polar surface area (TPSA) is 159 Å². The fourth-order valence-corrected chi connectivity index (χ4v) is 5.03. The highest BCUT2D eigenvalue weighted by atomic mass is 16.6. The monoisotopic (exact) mass is 622 g/mol. The van der Waals surface area contributed by atoms with Crippen molar-refractivity contribution in [3.05, 3.63) is 138 Å². The molecule has 0 saturated carbocycles. The molecule has 3 aromatic carbocycles. The summed E-state index contributed by atoms with van der Waals surface area (Å²) in [5.41, 5.74) is 5.95. The molecule has 1 aliphatic heterocycles. The number of nitro benzene ring substituents is 2. The number of carbonyl (C=O) groups excluding carboxylic acids is 1. The van der Waals surface area contributed by atoms with Crippen molar-refractivity contribution in [3.8, 4) is 17.4 Å². The summed E-state index contributed by atoms with van der Waals surface area (Å²) in [4.78, 5) is 42.6. The van der Waals surface area contributed by atoms with Crippen molar-refractivity contribution >= 4 is 28.8 Å². The van der Waals surface area contributed by atoms with Crippen LogP contribution in [0.15, 0.2) is 89.1 Å². The molecular weight excluding hydrogens is 592 g/mol. The largest absolute Gasteiger partial charge is 0.462 e. The van der Waals surface area contributed by atoms with Gasteiger partial charge in [0.15, 0.2) is 0 Å². The average molecular weight is 623 g/mol. The zero-order valence-corrected chi connectivity index (χ0v) is 25.7. The van der Waals surface area contributed by atoms with E-state index in [0.717, 1.165) is 22.3 Å². The average Bonchev–Trinajstić information content (AvgIpc) is 3.53. The highest BCUT2D eigenvalue weighted by molar-refractivity contribution is 6.01. The van der Waals surface area contributed by atoms with Crippen molar-refractivity contribution in [3.63, 3.8) is 0 Å². The van der Waals surface area contributed by atoms with Crippen LogP contribution in [-0.2, 0) is 4.74 Å². The summed E-state index contributed by atoms with van der Waals surface area (Å²) in [5.74, 6) is 0.436. The van der Waals surface area contributed by atoms with Gasteiger partial charge in [0.2, 0.25) is 11.8 Å². The Morgan fingerprint density at radius 1 is 0.848 bits per heavy atom. The Bertz CT molecular complexity index is 1950. The summed E-state index contributed by atoms with van der Waals surface area (Å²) in [6.07, 6.45) is 1.76. The van der Waals surface area contributed by atoms with E-state index in [0.29, 0.717) is 28.3 Å². The number of hydrogen-bond acceptors (Lipinski definition) is 9. The van der Waals surface area contributed by atoms with Gasteiger partial charge < -0.3 is 19.2 Å². The maximum atomic E-state index is 13.3. The Morgan fingerprint density at radius 2 is 1.43 bits per heavy atom. The Kier molecular flexibility index (Phi) is 8.80. The second-order valence-electron chi connectivity index (χ2n) is 10.6. The van der Waals surface area contributed by atoms with Gasteiger partial charge in [0.25, 0.3) is 11.4 Å². The maximum absolute atomic E-state index is 13.3. The molecule has 0 bridgehead atoms. The van der Waals surface area contributed by atoms with Gasteiger partial charge >= 0.3 is 5.97 Å². The number of ether oxygens (including phenoxy) is 3. The Labute approximate surface area is 264 Å². The van der Waals surface area contributed by atoms with Crippen molar-refractivity contribution in [1.82, 2.24) is 4.98 Å². The molecule has 0 unspecified atom stereocenters. The predicted molar refractivity (Wildman–Crippen MR) is 172 cm³/mol. The number of nitrogens with one attached hydrogen (secondary N) is 1. The number of hydrogen-bond donors (Lipinski definition) is 1. The molecule has 0 fully saturated rings. The summed E-state index contributed by atoms with van der Waals surface area (Å²) in [6, 6.07) is 17.2. The van der Waals surface area contributed by atoms with Crippen molar-refractivity contribution in [2.45, 2.75) is 34.6 Å². The summed E-state index contributed by atoms with van der Waals surface area (Å²) >= 11 is 0.